The molecule has 1 N–H and O–H groups in total. The molecule has 0 bridgehead atoms. The largest absolute Gasteiger partial charge is 0.490 e. The van der Waals surface area contributed by atoms with Crippen molar-refractivity contribution in [3.63, 3.8) is 0 Å². The maximum atomic E-state index is 9.68. The summed E-state index contributed by atoms with van der Waals surface area (Å²) >= 11 is 0. The molecule has 94 valence electrons. The van der Waals surface area contributed by atoms with Gasteiger partial charge in [-0.05, 0) is 37.8 Å². The number of fused-ring (bicyclic) bond motifs is 1. The van der Waals surface area contributed by atoms with Gasteiger partial charge in [0.25, 0.3) is 0 Å². The minimum Gasteiger partial charge on any atom is -0.490 e. The molecule has 3 atom stereocenters. The van der Waals surface area contributed by atoms with Gasteiger partial charge in [0, 0.05) is 6.42 Å². The molecule has 0 spiro atoms. The lowest BCUT2D eigenvalue weighted by Gasteiger charge is -2.21. The molecule has 0 aliphatic carbocycles. The predicted octanol–water partition coefficient (Wildman–Crippen LogP) is 3.10. The third-order valence-electron chi connectivity index (χ3n) is 3.73. The molecule has 0 saturated heterocycles. The Morgan fingerprint density at radius 2 is 2.24 bits per heavy atom. The van der Waals surface area contributed by atoms with E-state index in [1.54, 1.807) is 0 Å². The van der Waals surface area contributed by atoms with Gasteiger partial charge in [0.1, 0.15) is 11.9 Å². The van der Waals surface area contributed by atoms with Gasteiger partial charge in [-0.1, -0.05) is 31.0 Å². The molecule has 0 saturated carbocycles. The van der Waals surface area contributed by atoms with Crippen LogP contribution in [-0.2, 0) is 6.42 Å². The highest BCUT2D eigenvalue weighted by atomic mass is 16.5. The highest BCUT2D eigenvalue weighted by Crippen LogP contribution is 2.32. The van der Waals surface area contributed by atoms with Crippen molar-refractivity contribution in [2.24, 2.45) is 5.92 Å². The molecule has 3 unspecified atom stereocenters. The molecular weight excluding hydrogens is 212 g/mol. The standard InChI is InChI=1S/C15H22O2/c1-4-12(11(3)16)8-14-9-13-7-10(2)5-6-15(13)17-14/h5-7,11-12,14,16H,4,8-9H2,1-3H3. The Bertz CT molecular complexity index is 385. The summed E-state index contributed by atoms with van der Waals surface area (Å²) in [6.07, 6.45) is 2.94. The summed E-state index contributed by atoms with van der Waals surface area (Å²) in [7, 11) is 0. The van der Waals surface area contributed by atoms with Crippen LogP contribution in [0.25, 0.3) is 0 Å². The average molecular weight is 234 g/mol. The molecule has 2 nitrogen and oxygen atoms in total. The summed E-state index contributed by atoms with van der Waals surface area (Å²) in [6, 6.07) is 6.36. The Labute approximate surface area is 104 Å². The lowest BCUT2D eigenvalue weighted by molar-refractivity contribution is 0.0864. The summed E-state index contributed by atoms with van der Waals surface area (Å²) in [5.41, 5.74) is 2.60. The third kappa shape index (κ3) is 2.81. The molecular formula is C15H22O2. The minimum atomic E-state index is -0.242. The zero-order valence-corrected chi connectivity index (χ0v) is 10.9. The average Bonchev–Trinajstić information content (AvgIpc) is 2.66. The first kappa shape index (κ1) is 12.4. The number of hydrogen-bond acceptors (Lipinski definition) is 2. The van der Waals surface area contributed by atoms with Crippen molar-refractivity contribution >= 4 is 0 Å². The highest BCUT2D eigenvalue weighted by Gasteiger charge is 2.26. The van der Waals surface area contributed by atoms with Crippen molar-refractivity contribution in [2.45, 2.75) is 52.2 Å². The fourth-order valence-corrected chi connectivity index (χ4v) is 2.62. The van der Waals surface area contributed by atoms with Crippen molar-refractivity contribution in [1.82, 2.24) is 0 Å². The van der Waals surface area contributed by atoms with Crippen molar-refractivity contribution in [3.8, 4) is 5.75 Å². The predicted molar refractivity (Wildman–Crippen MR) is 69.4 cm³/mol. The first-order valence-corrected chi connectivity index (χ1v) is 6.54. The Hall–Kier alpha value is -1.02. The third-order valence-corrected chi connectivity index (χ3v) is 3.73. The Kier molecular flexibility index (Phi) is 3.72. The van der Waals surface area contributed by atoms with Crippen LogP contribution in [0.1, 0.15) is 37.8 Å². The molecule has 1 aromatic rings. The first-order valence-electron chi connectivity index (χ1n) is 6.54. The van der Waals surface area contributed by atoms with E-state index in [9.17, 15) is 5.11 Å². The smallest absolute Gasteiger partial charge is 0.123 e. The monoisotopic (exact) mass is 234 g/mol. The summed E-state index contributed by atoms with van der Waals surface area (Å²) in [4.78, 5) is 0. The van der Waals surface area contributed by atoms with Crippen LogP contribution in [0.5, 0.6) is 5.75 Å². The lowest BCUT2D eigenvalue weighted by Crippen LogP contribution is -2.24. The van der Waals surface area contributed by atoms with Gasteiger partial charge >= 0.3 is 0 Å². The number of benzene rings is 1. The molecule has 2 rings (SSSR count). The van der Waals surface area contributed by atoms with Gasteiger partial charge in [-0.25, -0.2) is 0 Å². The maximum Gasteiger partial charge on any atom is 0.123 e. The van der Waals surface area contributed by atoms with Gasteiger partial charge in [-0.15, -0.1) is 0 Å². The molecule has 2 heteroatoms. The quantitative estimate of drug-likeness (QED) is 0.867. The number of hydrogen-bond donors (Lipinski definition) is 1. The van der Waals surface area contributed by atoms with Crippen LogP contribution in [0.2, 0.25) is 0 Å². The number of aliphatic hydroxyl groups excluding tert-OH is 1. The van der Waals surface area contributed by atoms with Gasteiger partial charge in [0.15, 0.2) is 0 Å². The van der Waals surface area contributed by atoms with Crippen LogP contribution in [0, 0.1) is 12.8 Å². The minimum absolute atomic E-state index is 0.242. The van der Waals surface area contributed by atoms with Crippen LogP contribution in [-0.4, -0.2) is 17.3 Å². The van der Waals surface area contributed by atoms with E-state index in [1.165, 1.54) is 11.1 Å². The van der Waals surface area contributed by atoms with E-state index in [1.807, 2.05) is 6.92 Å². The normalized spacial score (nSPS) is 21.8. The topological polar surface area (TPSA) is 29.5 Å². The van der Waals surface area contributed by atoms with Crippen molar-refractivity contribution in [1.29, 1.82) is 0 Å². The van der Waals surface area contributed by atoms with Crippen molar-refractivity contribution in [3.05, 3.63) is 29.3 Å². The van der Waals surface area contributed by atoms with Crippen LogP contribution >= 0.6 is 0 Å². The highest BCUT2D eigenvalue weighted by molar-refractivity contribution is 5.40. The molecule has 1 aromatic carbocycles. The summed E-state index contributed by atoms with van der Waals surface area (Å²) < 4.78 is 5.93. The van der Waals surface area contributed by atoms with E-state index >= 15 is 0 Å². The molecule has 1 aliphatic heterocycles. The Morgan fingerprint density at radius 3 is 2.88 bits per heavy atom. The van der Waals surface area contributed by atoms with Crippen molar-refractivity contribution in [2.75, 3.05) is 0 Å². The van der Waals surface area contributed by atoms with E-state index in [2.05, 4.69) is 32.0 Å². The zero-order valence-electron chi connectivity index (χ0n) is 10.9. The van der Waals surface area contributed by atoms with Crippen LogP contribution in [0.4, 0.5) is 0 Å². The molecule has 0 aromatic heterocycles. The molecule has 17 heavy (non-hydrogen) atoms. The van der Waals surface area contributed by atoms with E-state index in [0.29, 0.717) is 5.92 Å². The molecule has 0 radical (unpaired) electrons. The van der Waals surface area contributed by atoms with Gasteiger partial charge in [0.05, 0.1) is 6.10 Å². The lowest BCUT2D eigenvalue weighted by atomic mass is 9.92. The van der Waals surface area contributed by atoms with Crippen LogP contribution in [0.3, 0.4) is 0 Å². The second-order valence-electron chi connectivity index (χ2n) is 5.20. The van der Waals surface area contributed by atoms with Crippen LogP contribution < -0.4 is 4.74 Å². The molecule has 1 aliphatic rings. The number of aliphatic hydroxyl groups is 1. The first-order chi connectivity index (χ1) is 8.10. The van der Waals surface area contributed by atoms with E-state index in [4.69, 9.17) is 4.74 Å². The molecule has 1 heterocycles. The van der Waals surface area contributed by atoms with Gasteiger partial charge < -0.3 is 9.84 Å². The van der Waals surface area contributed by atoms with Gasteiger partial charge in [-0.2, -0.15) is 0 Å². The summed E-state index contributed by atoms with van der Waals surface area (Å²) in [5.74, 6) is 1.37. The Morgan fingerprint density at radius 1 is 1.47 bits per heavy atom. The van der Waals surface area contributed by atoms with Crippen LogP contribution in [0.15, 0.2) is 18.2 Å². The molecule has 0 amide bonds. The fourth-order valence-electron chi connectivity index (χ4n) is 2.62. The number of aryl methyl sites for hydroxylation is 1. The van der Waals surface area contributed by atoms with E-state index < -0.39 is 0 Å². The fraction of sp³-hybridized carbons (Fsp3) is 0.600. The second-order valence-corrected chi connectivity index (χ2v) is 5.20. The number of ether oxygens (including phenoxy) is 1. The number of rotatable bonds is 4. The van der Waals surface area contributed by atoms with E-state index in [0.717, 1.165) is 25.0 Å². The SMILES string of the molecule is CCC(CC1Cc2cc(C)ccc2O1)C(C)O. The van der Waals surface area contributed by atoms with E-state index in [-0.39, 0.29) is 12.2 Å². The van der Waals surface area contributed by atoms with Gasteiger partial charge in [-0.3, -0.25) is 0 Å². The summed E-state index contributed by atoms with van der Waals surface area (Å²) in [6.45, 7) is 6.11. The van der Waals surface area contributed by atoms with Gasteiger partial charge in [0.2, 0.25) is 0 Å². The second kappa shape index (κ2) is 5.09. The van der Waals surface area contributed by atoms with Crippen molar-refractivity contribution < 1.29 is 9.84 Å². The Balaban J connectivity index is 2.00. The summed E-state index contributed by atoms with van der Waals surface area (Å²) in [5, 5.41) is 9.68. The molecule has 0 fully saturated rings. The zero-order chi connectivity index (χ0) is 12.4. The maximum absolute atomic E-state index is 9.68.